The van der Waals surface area contributed by atoms with Gasteiger partial charge < -0.3 is 9.30 Å². The number of hydrogen-bond acceptors (Lipinski definition) is 1. The van der Waals surface area contributed by atoms with E-state index in [1.165, 1.54) is 87.9 Å². The second kappa shape index (κ2) is 10.6. The van der Waals surface area contributed by atoms with E-state index in [2.05, 4.69) is 193 Å². The van der Waals surface area contributed by atoms with Gasteiger partial charge in [-0.25, -0.2) is 0 Å². The molecule has 0 atom stereocenters. The molecule has 1 aliphatic carbocycles. The van der Waals surface area contributed by atoms with Crippen molar-refractivity contribution in [3.05, 3.63) is 210 Å². The van der Waals surface area contributed by atoms with Crippen LogP contribution in [0.25, 0.3) is 71.3 Å². The maximum Gasteiger partial charge on any atom is 0.132 e. The standard InChI is InChI=1S/C51H31NO/c1-3-13-37-33(11-1)23-28-45-49(37)50-38-14-4-2-12-34(38)24-29-46(50)52(45)36-26-21-32(22-27-36)35-25-30-48-44(31-35)51(43-19-9-10-20-47(43)53-48)41-17-7-5-15-39(41)40-16-6-8-18-42(40)51/h1-31H. The summed E-state index contributed by atoms with van der Waals surface area (Å²) in [5.74, 6) is 1.82. The third kappa shape index (κ3) is 3.77. The third-order valence-electron chi connectivity index (χ3n) is 11.9. The molecule has 9 aromatic carbocycles. The molecular formula is C51H31NO. The lowest BCUT2D eigenvalue weighted by molar-refractivity contribution is 0.436. The summed E-state index contributed by atoms with van der Waals surface area (Å²) in [5.41, 5.74) is 13.0. The molecule has 0 fully saturated rings. The summed E-state index contributed by atoms with van der Waals surface area (Å²) in [7, 11) is 0. The van der Waals surface area contributed by atoms with Crippen LogP contribution >= 0.6 is 0 Å². The van der Waals surface area contributed by atoms with Crippen molar-refractivity contribution in [2.45, 2.75) is 5.41 Å². The summed E-state index contributed by atoms with van der Waals surface area (Å²) in [5, 5.41) is 7.68. The Hall–Kier alpha value is -6.90. The molecule has 0 saturated heterocycles. The molecule has 1 aliphatic heterocycles. The van der Waals surface area contributed by atoms with Crippen LogP contribution in [0.1, 0.15) is 22.3 Å². The molecule has 0 unspecified atom stereocenters. The molecule has 2 heteroatoms. The van der Waals surface area contributed by atoms with Crippen molar-refractivity contribution in [2.24, 2.45) is 0 Å². The maximum absolute atomic E-state index is 6.69. The predicted molar refractivity (Wildman–Crippen MR) is 219 cm³/mol. The van der Waals surface area contributed by atoms with E-state index in [0.29, 0.717) is 0 Å². The average Bonchev–Trinajstić information content (AvgIpc) is 3.73. The minimum absolute atomic E-state index is 0.484. The molecule has 0 amide bonds. The minimum atomic E-state index is -0.484. The highest BCUT2D eigenvalue weighted by molar-refractivity contribution is 6.28. The summed E-state index contributed by atoms with van der Waals surface area (Å²) in [4.78, 5) is 0. The van der Waals surface area contributed by atoms with E-state index in [0.717, 1.165) is 17.2 Å². The number of fused-ring (bicyclic) bond motifs is 16. The number of aromatic nitrogens is 1. The van der Waals surface area contributed by atoms with Gasteiger partial charge in [0.05, 0.1) is 16.4 Å². The molecule has 2 heterocycles. The zero-order valence-corrected chi connectivity index (χ0v) is 28.8. The summed E-state index contributed by atoms with van der Waals surface area (Å²) in [6.45, 7) is 0. The highest BCUT2D eigenvalue weighted by atomic mass is 16.5. The van der Waals surface area contributed by atoms with Crippen molar-refractivity contribution in [3.8, 4) is 39.4 Å². The summed E-state index contributed by atoms with van der Waals surface area (Å²) in [6.07, 6.45) is 0. The number of hydrogen-bond donors (Lipinski definition) is 0. The number of rotatable bonds is 2. The summed E-state index contributed by atoms with van der Waals surface area (Å²) < 4.78 is 9.13. The highest BCUT2D eigenvalue weighted by Gasteiger charge is 2.51. The Kier molecular flexibility index (Phi) is 5.73. The van der Waals surface area contributed by atoms with Gasteiger partial charge in [-0.15, -0.1) is 0 Å². The van der Waals surface area contributed by atoms with Crippen LogP contribution in [0.4, 0.5) is 0 Å². The van der Waals surface area contributed by atoms with E-state index < -0.39 is 5.41 Å². The van der Waals surface area contributed by atoms with Gasteiger partial charge in [0.2, 0.25) is 0 Å². The van der Waals surface area contributed by atoms with E-state index in [9.17, 15) is 0 Å². The molecule has 0 saturated carbocycles. The van der Waals surface area contributed by atoms with Gasteiger partial charge in [-0.1, -0.05) is 146 Å². The lowest BCUT2D eigenvalue weighted by Crippen LogP contribution is -2.32. The van der Waals surface area contributed by atoms with Crippen LogP contribution in [0, 0.1) is 0 Å². The lowest BCUT2D eigenvalue weighted by Gasteiger charge is -2.39. The Morgan fingerprint density at radius 1 is 0.377 bits per heavy atom. The SMILES string of the molecule is c1ccc2c(c1)Oc1ccc(-c3ccc(-n4c5ccc6ccccc6c5c5c6ccccc6ccc54)cc3)cc1C21c2ccccc2-c2ccccc21. The fraction of sp³-hybridized carbons (Fsp3) is 0.0196. The lowest BCUT2D eigenvalue weighted by atomic mass is 9.66. The van der Waals surface area contributed by atoms with Gasteiger partial charge in [0, 0.05) is 27.6 Å². The van der Waals surface area contributed by atoms with E-state index in [4.69, 9.17) is 4.74 Å². The topological polar surface area (TPSA) is 14.2 Å². The quantitative estimate of drug-likeness (QED) is 0.178. The van der Waals surface area contributed by atoms with Gasteiger partial charge in [-0.05, 0) is 97.4 Å². The number of benzene rings is 9. The molecule has 0 bridgehead atoms. The van der Waals surface area contributed by atoms with Gasteiger partial charge >= 0.3 is 0 Å². The van der Waals surface area contributed by atoms with Crippen LogP contribution in [0.15, 0.2) is 188 Å². The van der Waals surface area contributed by atoms with Crippen molar-refractivity contribution < 1.29 is 4.74 Å². The van der Waals surface area contributed by atoms with Gasteiger partial charge in [0.1, 0.15) is 11.5 Å². The minimum Gasteiger partial charge on any atom is -0.457 e. The smallest absolute Gasteiger partial charge is 0.132 e. The zero-order chi connectivity index (χ0) is 34.7. The predicted octanol–water partition coefficient (Wildman–Crippen LogP) is 13.2. The van der Waals surface area contributed by atoms with E-state index in [1.54, 1.807) is 0 Å². The van der Waals surface area contributed by atoms with E-state index >= 15 is 0 Å². The Labute approximate surface area is 306 Å². The maximum atomic E-state index is 6.69. The summed E-state index contributed by atoms with van der Waals surface area (Å²) in [6, 6.07) is 68.8. The first-order valence-corrected chi connectivity index (χ1v) is 18.3. The molecule has 12 rings (SSSR count). The largest absolute Gasteiger partial charge is 0.457 e. The van der Waals surface area contributed by atoms with Crippen LogP contribution in [-0.2, 0) is 5.41 Å². The van der Waals surface area contributed by atoms with Gasteiger partial charge in [-0.3, -0.25) is 0 Å². The molecule has 53 heavy (non-hydrogen) atoms. The van der Waals surface area contributed by atoms with Gasteiger partial charge in [0.15, 0.2) is 0 Å². The molecule has 1 aromatic heterocycles. The van der Waals surface area contributed by atoms with Crippen LogP contribution in [0.5, 0.6) is 11.5 Å². The first kappa shape index (κ1) is 28.8. The fourth-order valence-electron chi connectivity index (χ4n) is 9.67. The second-order valence-corrected chi connectivity index (χ2v) is 14.4. The molecule has 1 spiro atoms. The summed E-state index contributed by atoms with van der Waals surface area (Å²) >= 11 is 0. The molecule has 246 valence electrons. The van der Waals surface area contributed by atoms with Crippen molar-refractivity contribution in [1.82, 2.24) is 4.57 Å². The normalized spacial score (nSPS) is 13.6. The van der Waals surface area contributed by atoms with Crippen molar-refractivity contribution in [3.63, 3.8) is 0 Å². The molecule has 2 nitrogen and oxygen atoms in total. The molecule has 0 N–H and O–H groups in total. The van der Waals surface area contributed by atoms with Gasteiger partial charge in [-0.2, -0.15) is 0 Å². The monoisotopic (exact) mass is 673 g/mol. The average molecular weight is 674 g/mol. The first-order valence-electron chi connectivity index (χ1n) is 18.3. The molecule has 2 aliphatic rings. The van der Waals surface area contributed by atoms with Gasteiger partial charge in [0.25, 0.3) is 0 Å². The van der Waals surface area contributed by atoms with Crippen molar-refractivity contribution >= 4 is 43.4 Å². The molecular weight excluding hydrogens is 643 g/mol. The fourth-order valence-corrected chi connectivity index (χ4v) is 9.67. The Morgan fingerprint density at radius 3 is 1.53 bits per heavy atom. The van der Waals surface area contributed by atoms with Crippen molar-refractivity contribution in [1.29, 1.82) is 0 Å². The second-order valence-electron chi connectivity index (χ2n) is 14.4. The Balaban J connectivity index is 1.06. The number of para-hydroxylation sites is 1. The number of ether oxygens (including phenoxy) is 1. The highest BCUT2D eigenvalue weighted by Crippen LogP contribution is 2.62. The van der Waals surface area contributed by atoms with Crippen molar-refractivity contribution in [2.75, 3.05) is 0 Å². The van der Waals surface area contributed by atoms with Crippen LogP contribution < -0.4 is 4.74 Å². The third-order valence-corrected chi connectivity index (χ3v) is 11.9. The Bertz CT molecular complexity index is 3010. The zero-order valence-electron chi connectivity index (χ0n) is 28.8. The van der Waals surface area contributed by atoms with Crippen LogP contribution in [0.3, 0.4) is 0 Å². The van der Waals surface area contributed by atoms with E-state index in [1.807, 2.05) is 0 Å². The van der Waals surface area contributed by atoms with E-state index in [-0.39, 0.29) is 0 Å². The van der Waals surface area contributed by atoms with Crippen LogP contribution in [-0.4, -0.2) is 4.57 Å². The molecule has 10 aromatic rings. The number of nitrogens with zero attached hydrogens (tertiary/aromatic N) is 1. The molecule has 0 radical (unpaired) electrons. The van der Waals surface area contributed by atoms with Crippen LogP contribution in [0.2, 0.25) is 0 Å². The Morgan fingerprint density at radius 2 is 0.887 bits per heavy atom. The first-order chi connectivity index (χ1) is 26.3.